The van der Waals surface area contributed by atoms with E-state index in [0.29, 0.717) is 18.5 Å². The van der Waals surface area contributed by atoms with Gasteiger partial charge in [-0.25, -0.2) is 9.98 Å². The molecule has 1 N–H and O–H groups in total. The van der Waals surface area contributed by atoms with Crippen LogP contribution in [0.1, 0.15) is 32.1 Å². The van der Waals surface area contributed by atoms with E-state index in [1.165, 1.54) is 0 Å². The maximum absolute atomic E-state index is 5.42. The van der Waals surface area contributed by atoms with Gasteiger partial charge in [0.1, 0.15) is 5.76 Å². The fraction of sp³-hybridized carbons (Fsp3) is 0.500. The maximum atomic E-state index is 5.42. The van der Waals surface area contributed by atoms with Crippen LogP contribution in [0.3, 0.4) is 0 Å². The Morgan fingerprint density at radius 1 is 1.50 bits per heavy atom. The highest BCUT2D eigenvalue weighted by Crippen LogP contribution is 2.27. The molecule has 6 heteroatoms. The third-order valence-electron chi connectivity index (χ3n) is 4.86. The van der Waals surface area contributed by atoms with Gasteiger partial charge in [0.15, 0.2) is 5.96 Å². The Morgan fingerprint density at radius 3 is 3.08 bits per heavy atom. The Labute approximate surface area is 155 Å². The third-order valence-corrected chi connectivity index (χ3v) is 4.86. The van der Waals surface area contributed by atoms with Crippen molar-refractivity contribution in [2.24, 2.45) is 10.9 Å². The van der Waals surface area contributed by atoms with E-state index in [9.17, 15) is 0 Å². The SMILES string of the molecule is C=C(C)CN=C(NCCc1ccco1)N1CCC(C)C(n2ccnc2)C1. The number of aromatic nitrogens is 2. The minimum absolute atomic E-state index is 0.410. The Kier molecular flexibility index (Phi) is 6.15. The average Bonchev–Trinajstić information content (AvgIpc) is 3.32. The highest BCUT2D eigenvalue weighted by atomic mass is 16.3. The molecule has 1 fully saturated rings. The molecule has 1 aliphatic heterocycles. The van der Waals surface area contributed by atoms with Gasteiger partial charge >= 0.3 is 0 Å². The molecule has 26 heavy (non-hydrogen) atoms. The number of rotatable bonds is 6. The molecule has 0 saturated carbocycles. The Balaban J connectivity index is 1.66. The van der Waals surface area contributed by atoms with Crippen molar-refractivity contribution in [2.45, 2.75) is 32.7 Å². The summed E-state index contributed by atoms with van der Waals surface area (Å²) in [6, 6.07) is 4.34. The number of likely N-dealkylation sites (tertiary alicyclic amines) is 1. The first-order valence-corrected chi connectivity index (χ1v) is 9.31. The minimum Gasteiger partial charge on any atom is -0.469 e. The van der Waals surface area contributed by atoms with Crippen LogP contribution in [0, 0.1) is 5.92 Å². The fourth-order valence-electron chi connectivity index (χ4n) is 3.32. The monoisotopic (exact) mass is 355 g/mol. The van der Waals surface area contributed by atoms with E-state index in [1.807, 2.05) is 31.6 Å². The van der Waals surface area contributed by atoms with Crippen LogP contribution in [0.15, 0.2) is 58.7 Å². The zero-order chi connectivity index (χ0) is 18.4. The topological polar surface area (TPSA) is 58.6 Å². The number of aliphatic imine (C=N–C) groups is 1. The molecule has 3 rings (SSSR count). The molecular formula is C20H29N5O. The Bertz CT molecular complexity index is 705. The van der Waals surface area contributed by atoms with Crippen LogP contribution in [0.5, 0.6) is 0 Å². The molecule has 0 bridgehead atoms. The van der Waals surface area contributed by atoms with Crippen LogP contribution in [0.2, 0.25) is 0 Å². The lowest BCUT2D eigenvalue weighted by atomic mass is 9.93. The van der Waals surface area contributed by atoms with E-state index in [-0.39, 0.29) is 0 Å². The van der Waals surface area contributed by atoms with Gasteiger partial charge in [0.05, 0.1) is 25.2 Å². The quantitative estimate of drug-likeness (QED) is 0.491. The molecule has 0 aliphatic carbocycles. The largest absolute Gasteiger partial charge is 0.469 e. The second-order valence-corrected chi connectivity index (χ2v) is 7.14. The van der Waals surface area contributed by atoms with Gasteiger partial charge in [-0.05, 0) is 31.4 Å². The first-order chi connectivity index (χ1) is 12.6. The summed E-state index contributed by atoms with van der Waals surface area (Å²) >= 11 is 0. The number of nitrogens with one attached hydrogen (secondary N) is 1. The van der Waals surface area contributed by atoms with Crippen molar-refractivity contribution in [3.05, 3.63) is 55.0 Å². The second-order valence-electron chi connectivity index (χ2n) is 7.14. The van der Waals surface area contributed by atoms with Crippen molar-refractivity contribution in [1.82, 2.24) is 19.8 Å². The molecule has 140 valence electrons. The molecule has 3 heterocycles. The van der Waals surface area contributed by atoms with Gasteiger partial charge in [-0.15, -0.1) is 0 Å². The van der Waals surface area contributed by atoms with E-state index in [0.717, 1.165) is 49.8 Å². The minimum atomic E-state index is 0.410. The first-order valence-electron chi connectivity index (χ1n) is 9.31. The van der Waals surface area contributed by atoms with Crippen molar-refractivity contribution in [3.63, 3.8) is 0 Å². The standard InChI is InChI=1S/C20H29N5O/c1-16(2)13-23-20(22-8-6-18-5-4-12-26-18)24-10-7-17(3)19(14-24)25-11-9-21-15-25/h4-5,9,11-12,15,17,19H,1,6-8,10,13-14H2,2-3H3,(H,22,23). The van der Waals surface area contributed by atoms with Gasteiger partial charge in [-0.1, -0.05) is 19.1 Å². The van der Waals surface area contributed by atoms with Crippen LogP contribution < -0.4 is 5.32 Å². The molecule has 1 aliphatic rings. The Morgan fingerprint density at radius 2 is 2.38 bits per heavy atom. The van der Waals surface area contributed by atoms with Gasteiger partial charge in [0.25, 0.3) is 0 Å². The molecule has 2 unspecified atom stereocenters. The molecule has 2 aromatic rings. The van der Waals surface area contributed by atoms with E-state index in [2.05, 4.69) is 39.5 Å². The predicted octanol–water partition coefficient (Wildman–Crippen LogP) is 3.12. The van der Waals surface area contributed by atoms with Crippen molar-refractivity contribution < 1.29 is 4.42 Å². The van der Waals surface area contributed by atoms with Gasteiger partial charge < -0.3 is 19.2 Å². The zero-order valence-corrected chi connectivity index (χ0v) is 15.8. The van der Waals surface area contributed by atoms with Gasteiger partial charge in [0, 0.05) is 38.4 Å². The normalized spacial score (nSPS) is 21.0. The number of guanidine groups is 1. The molecule has 6 nitrogen and oxygen atoms in total. The summed E-state index contributed by atoms with van der Waals surface area (Å²) in [6.07, 6.45) is 9.51. The molecule has 2 atom stereocenters. The van der Waals surface area contributed by atoms with Crippen LogP contribution in [-0.4, -0.2) is 46.6 Å². The van der Waals surface area contributed by atoms with E-state index < -0.39 is 0 Å². The molecule has 1 saturated heterocycles. The highest BCUT2D eigenvalue weighted by Gasteiger charge is 2.28. The summed E-state index contributed by atoms with van der Waals surface area (Å²) < 4.78 is 7.64. The summed E-state index contributed by atoms with van der Waals surface area (Å²) in [6.45, 7) is 11.7. The fourth-order valence-corrected chi connectivity index (χ4v) is 3.32. The average molecular weight is 355 g/mol. The van der Waals surface area contributed by atoms with Crippen LogP contribution in [0.25, 0.3) is 0 Å². The maximum Gasteiger partial charge on any atom is 0.194 e. The smallest absolute Gasteiger partial charge is 0.194 e. The van der Waals surface area contributed by atoms with Crippen LogP contribution in [0.4, 0.5) is 0 Å². The summed E-state index contributed by atoms with van der Waals surface area (Å²) in [5.41, 5.74) is 1.06. The lowest BCUT2D eigenvalue weighted by Gasteiger charge is -2.39. The third kappa shape index (κ3) is 4.77. The van der Waals surface area contributed by atoms with E-state index >= 15 is 0 Å². The van der Waals surface area contributed by atoms with Crippen molar-refractivity contribution in [3.8, 4) is 0 Å². The van der Waals surface area contributed by atoms with Crippen LogP contribution in [-0.2, 0) is 6.42 Å². The number of furan rings is 1. The van der Waals surface area contributed by atoms with E-state index in [4.69, 9.17) is 9.41 Å². The number of hydrogen-bond donors (Lipinski definition) is 1. The van der Waals surface area contributed by atoms with Gasteiger partial charge in [0.2, 0.25) is 0 Å². The first kappa shape index (κ1) is 18.3. The Hall–Kier alpha value is -2.50. The second kappa shape index (κ2) is 8.74. The van der Waals surface area contributed by atoms with Gasteiger partial charge in [-0.3, -0.25) is 0 Å². The van der Waals surface area contributed by atoms with Crippen molar-refractivity contribution in [2.75, 3.05) is 26.2 Å². The summed E-state index contributed by atoms with van der Waals surface area (Å²) in [5.74, 6) is 2.56. The number of nitrogens with zero attached hydrogens (tertiary/aromatic N) is 4. The summed E-state index contributed by atoms with van der Waals surface area (Å²) in [4.78, 5) is 11.4. The van der Waals surface area contributed by atoms with Crippen molar-refractivity contribution in [1.29, 1.82) is 0 Å². The highest BCUT2D eigenvalue weighted by molar-refractivity contribution is 5.80. The predicted molar refractivity (Wildman–Crippen MR) is 104 cm³/mol. The molecule has 0 amide bonds. The van der Waals surface area contributed by atoms with E-state index in [1.54, 1.807) is 6.26 Å². The molecule has 0 aromatic carbocycles. The van der Waals surface area contributed by atoms with Crippen LogP contribution >= 0.6 is 0 Å². The lowest BCUT2D eigenvalue weighted by molar-refractivity contribution is 0.189. The van der Waals surface area contributed by atoms with Gasteiger partial charge in [-0.2, -0.15) is 0 Å². The number of imidazole rings is 1. The molecule has 2 aromatic heterocycles. The molecule has 0 spiro atoms. The van der Waals surface area contributed by atoms with Crippen molar-refractivity contribution >= 4 is 5.96 Å². The zero-order valence-electron chi connectivity index (χ0n) is 15.8. The molecule has 0 radical (unpaired) electrons. The molecular weight excluding hydrogens is 326 g/mol. The summed E-state index contributed by atoms with van der Waals surface area (Å²) in [5, 5.41) is 3.51. The lowest BCUT2D eigenvalue weighted by Crippen LogP contribution is -2.49. The number of piperidine rings is 1. The summed E-state index contributed by atoms with van der Waals surface area (Å²) in [7, 11) is 0. The number of hydrogen-bond acceptors (Lipinski definition) is 3.